The van der Waals surface area contributed by atoms with Crippen LogP contribution in [-0.2, 0) is 14.3 Å². The predicted octanol–water partition coefficient (Wildman–Crippen LogP) is 2.48. The highest BCUT2D eigenvalue weighted by atomic mass is 16.5. The summed E-state index contributed by atoms with van der Waals surface area (Å²) in [5.74, 6) is -1.52. The van der Waals surface area contributed by atoms with Gasteiger partial charge < -0.3 is 19.8 Å². The van der Waals surface area contributed by atoms with Crippen LogP contribution in [0.3, 0.4) is 0 Å². The van der Waals surface area contributed by atoms with E-state index in [4.69, 9.17) is 20.0 Å². The van der Waals surface area contributed by atoms with Crippen LogP contribution in [0.1, 0.15) is 31.9 Å². The summed E-state index contributed by atoms with van der Waals surface area (Å²) in [6.45, 7) is 5.54. The van der Waals surface area contributed by atoms with Crippen LogP contribution >= 0.6 is 0 Å². The van der Waals surface area contributed by atoms with Gasteiger partial charge in [0.15, 0.2) is 5.65 Å². The number of fused-ring (bicyclic) bond motifs is 1. The van der Waals surface area contributed by atoms with Crippen LogP contribution in [0.4, 0.5) is 5.82 Å². The molecule has 2 N–H and O–H groups in total. The molecule has 0 unspecified atom stereocenters. The van der Waals surface area contributed by atoms with Gasteiger partial charge in [-0.05, 0) is 24.6 Å². The van der Waals surface area contributed by atoms with Crippen LogP contribution in [0, 0.1) is 0 Å². The van der Waals surface area contributed by atoms with Crippen molar-refractivity contribution in [3.63, 3.8) is 0 Å². The lowest BCUT2D eigenvalue weighted by atomic mass is 10.2. The van der Waals surface area contributed by atoms with Crippen LogP contribution in [0.5, 0.6) is 0 Å². The highest BCUT2D eigenvalue weighted by Crippen LogP contribution is 2.15. The Morgan fingerprint density at radius 1 is 1.17 bits per heavy atom. The maximum absolute atomic E-state index is 9.55. The minimum atomic E-state index is -1.26. The maximum atomic E-state index is 9.55. The molecule has 3 rings (SSSR count). The minimum absolute atomic E-state index is 0.558. The van der Waals surface area contributed by atoms with Gasteiger partial charge in [-0.2, -0.15) is 0 Å². The summed E-state index contributed by atoms with van der Waals surface area (Å²) in [5.41, 5.74) is 1.93. The standard InChI is InChI=1S/C16H22N4O.C4H4O4/c1-2-3-4-5-6-14-13-17-15-7-8-16(18-20(14)15)19-9-11-21-12-10-19;5-3(6)1-2-4(7)8/h5-8,13H,2-4,9-12H2,1H3;1-2H,(H,5,6)(H,7,8). The maximum Gasteiger partial charge on any atom is 0.328 e. The van der Waals surface area contributed by atoms with Gasteiger partial charge in [-0.25, -0.2) is 19.1 Å². The molecule has 9 heteroatoms. The number of allylic oxidation sites excluding steroid dienone is 1. The Labute approximate surface area is 168 Å². The zero-order valence-corrected chi connectivity index (χ0v) is 16.4. The van der Waals surface area contributed by atoms with Gasteiger partial charge in [-0.15, -0.1) is 5.10 Å². The molecular weight excluding hydrogens is 376 g/mol. The van der Waals surface area contributed by atoms with Crippen molar-refractivity contribution in [2.45, 2.75) is 26.2 Å². The van der Waals surface area contributed by atoms with Crippen molar-refractivity contribution in [2.24, 2.45) is 0 Å². The number of hydrogen-bond donors (Lipinski definition) is 2. The number of nitrogens with zero attached hydrogens (tertiary/aromatic N) is 4. The molecule has 0 atom stereocenters. The van der Waals surface area contributed by atoms with Gasteiger partial charge in [0.05, 0.1) is 25.1 Å². The van der Waals surface area contributed by atoms with E-state index < -0.39 is 11.9 Å². The second-order valence-corrected chi connectivity index (χ2v) is 6.30. The Morgan fingerprint density at radius 3 is 2.48 bits per heavy atom. The van der Waals surface area contributed by atoms with E-state index in [1.54, 1.807) is 0 Å². The van der Waals surface area contributed by atoms with Gasteiger partial charge in [-0.3, -0.25) is 0 Å². The lowest BCUT2D eigenvalue weighted by molar-refractivity contribution is -0.134. The fourth-order valence-electron chi connectivity index (χ4n) is 2.62. The third kappa shape index (κ3) is 7.38. The zero-order valence-electron chi connectivity index (χ0n) is 16.4. The van der Waals surface area contributed by atoms with Crippen LogP contribution < -0.4 is 4.90 Å². The number of carboxylic acids is 2. The summed E-state index contributed by atoms with van der Waals surface area (Å²) in [6, 6.07) is 4.07. The minimum Gasteiger partial charge on any atom is -0.478 e. The molecule has 1 aliphatic heterocycles. The number of ether oxygens (including phenoxy) is 1. The highest BCUT2D eigenvalue weighted by molar-refractivity contribution is 5.89. The number of aromatic nitrogens is 3. The Kier molecular flexibility index (Phi) is 8.84. The van der Waals surface area contributed by atoms with Crippen molar-refractivity contribution in [3.05, 3.63) is 42.3 Å². The molecule has 9 nitrogen and oxygen atoms in total. The number of imidazole rings is 1. The molecule has 1 aliphatic rings. The summed E-state index contributed by atoms with van der Waals surface area (Å²) in [7, 11) is 0. The summed E-state index contributed by atoms with van der Waals surface area (Å²) in [6.07, 6.45) is 10.9. The Balaban J connectivity index is 0.000000321. The smallest absolute Gasteiger partial charge is 0.328 e. The van der Waals surface area contributed by atoms with Crippen molar-refractivity contribution < 1.29 is 24.5 Å². The SMILES string of the molecule is CCCCC=Cc1cnc2ccc(N3CCOCC3)nn12.O=C(O)C=CC(=O)O. The molecule has 0 bridgehead atoms. The third-order valence-corrected chi connectivity index (χ3v) is 4.09. The van der Waals surface area contributed by atoms with Crippen LogP contribution in [0.25, 0.3) is 11.7 Å². The summed E-state index contributed by atoms with van der Waals surface area (Å²) < 4.78 is 7.32. The number of rotatable bonds is 7. The second-order valence-electron chi connectivity index (χ2n) is 6.30. The molecule has 1 saturated heterocycles. The first-order valence-electron chi connectivity index (χ1n) is 9.49. The summed E-state index contributed by atoms with van der Waals surface area (Å²) >= 11 is 0. The van der Waals surface area contributed by atoms with Crippen molar-refractivity contribution >= 4 is 29.5 Å². The lowest BCUT2D eigenvalue weighted by Gasteiger charge is -2.27. The number of unbranched alkanes of at least 4 members (excludes halogenated alkanes) is 2. The van der Waals surface area contributed by atoms with Gasteiger partial charge in [0, 0.05) is 25.2 Å². The van der Waals surface area contributed by atoms with E-state index in [-0.39, 0.29) is 0 Å². The quantitative estimate of drug-likeness (QED) is 0.536. The van der Waals surface area contributed by atoms with E-state index in [2.05, 4.69) is 29.0 Å². The molecule has 2 aromatic heterocycles. The third-order valence-electron chi connectivity index (χ3n) is 4.09. The normalized spacial score (nSPS) is 14.3. The molecule has 1 fully saturated rings. The number of morpholine rings is 1. The van der Waals surface area contributed by atoms with Crippen molar-refractivity contribution in [1.82, 2.24) is 14.6 Å². The van der Waals surface area contributed by atoms with E-state index in [0.29, 0.717) is 12.2 Å². The molecule has 0 amide bonds. The molecule has 2 aromatic rings. The molecule has 0 spiro atoms. The zero-order chi connectivity index (χ0) is 21.1. The van der Waals surface area contributed by atoms with Gasteiger partial charge in [0.2, 0.25) is 0 Å². The molecule has 3 heterocycles. The summed E-state index contributed by atoms with van der Waals surface area (Å²) in [4.78, 5) is 25.8. The average Bonchev–Trinajstić information content (AvgIpc) is 3.13. The first-order valence-corrected chi connectivity index (χ1v) is 9.49. The Morgan fingerprint density at radius 2 is 1.86 bits per heavy atom. The monoisotopic (exact) mass is 402 g/mol. The fraction of sp³-hybridized carbons (Fsp3) is 0.400. The van der Waals surface area contributed by atoms with Crippen molar-refractivity contribution in [1.29, 1.82) is 0 Å². The van der Waals surface area contributed by atoms with E-state index in [1.807, 2.05) is 22.8 Å². The Hall–Kier alpha value is -3.20. The molecule has 0 saturated carbocycles. The van der Waals surface area contributed by atoms with Gasteiger partial charge in [0.1, 0.15) is 5.82 Å². The van der Waals surface area contributed by atoms with Crippen molar-refractivity contribution in [3.8, 4) is 0 Å². The van der Waals surface area contributed by atoms with Crippen molar-refractivity contribution in [2.75, 3.05) is 31.2 Å². The number of aliphatic carboxylic acids is 2. The molecule has 0 radical (unpaired) electrons. The van der Waals surface area contributed by atoms with E-state index >= 15 is 0 Å². The van der Waals surface area contributed by atoms with Crippen LogP contribution in [0.2, 0.25) is 0 Å². The molecule has 0 aliphatic carbocycles. The van der Waals surface area contributed by atoms with Crippen LogP contribution in [0.15, 0.2) is 36.6 Å². The number of anilines is 1. The first kappa shape index (κ1) is 22.1. The average molecular weight is 402 g/mol. The molecule has 156 valence electrons. The summed E-state index contributed by atoms with van der Waals surface area (Å²) in [5, 5.41) is 20.4. The molecule has 29 heavy (non-hydrogen) atoms. The number of hydrogen-bond acceptors (Lipinski definition) is 6. The van der Waals surface area contributed by atoms with E-state index in [1.165, 1.54) is 12.8 Å². The van der Waals surface area contributed by atoms with Gasteiger partial charge in [0.25, 0.3) is 0 Å². The molecule has 0 aromatic carbocycles. The number of carbonyl (C=O) groups is 2. The largest absolute Gasteiger partial charge is 0.478 e. The topological polar surface area (TPSA) is 117 Å². The fourth-order valence-corrected chi connectivity index (χ4v) is 2.62. The van der Waals surface area contributed by atoms with E-state index in [0.717, 1.165) is 49.9 Å². The van der Waals surface area contributed by atoms with Gasteiger partial charge in [-0.1, -0.05) is 25.8 Å². The first-order chi connectivity index (χ1) is 14.0. The number of carboxylic acid groups (broad SMARTS) is 2. The predicted molar refractivity (Wildman–Crippen MR) is 109 cm³/mol. The van der Waals surface area contributed by atoms with Crippen LogP contribution in [-0.4, -0.2) is 63.1 Å². The Bertz CT molecular complexity index is 853. The highest BCUT2D eigenvalue weighted by Gasteiger charge is 2.13. The second kappa shape index (κ2) is 11.6. The van der Waals surface area contributed by atoms with Gasteiger partial charge >= 0.3 is 11.9 Å². The van der Waals surface area contributed by atoms with E-state index in [9.17, 15) is 9.59 Å². The lowest BCUT2D eigenvalue weighted by Crippen LogP contribution is -2.37. The molecular formula is C20H26N4O5.